The Bertz CT molecular complexity index is 1300. The number of thiazole rings is 2. The molecule has 34 heavy (non-hydrogen) atoms. The van der Waals surface area contributed by atoms with E-state index in [9.17, 15) is 36.3 Å². The first kappa shape index (κ1) is 25.7. The van der Waals surface area contributed by atoms with Crippen molar-refractivity contribution in [3.05, 3.63) is 45.9 Å². The molecule has 0 aliphatic rings. The normalized spacial score (nSPS) is 12.0. The number of rotatable bonds is 9. The van der Waals surface area contributed by atoms with Crippen molar-refractivity contribution in [2.24, 2.45) is 5.73 Å². The topological polar surface area (TPSA) is 152 Å². The lowest BCUT2D eigenvalue weighted by Crippen LogP contribution is -2.23. The number of hydrogen-bond donors (Lipinski definition) is 3. The van der Waals surface area contributed by atoms with Gasteiger partial charge in [-0.1, -0.05) is 12.1 Å². The standard InChI is InChI=1S/C19H17F3N4O5S3/c20-19(21,22)34(30,31)11-3-1-10(2-4-11)7-15(29)26-18-25-13(9-32-18)17-12(5-6-14(23)28)24-16(8-27)33-17/h1-4,9,27H,5-8H2,(H2,23,28)(H,25,26,29). The molecule has 2 amide bonds. The Morgan fingerprint density at radius 2 is 1.82 bits per heavy atom. The van der Waals surface area contributed by atoms with Crippen LogP contribution in [-0.4, -0.2) is 40.8 Å². The lowest BCUT2D eigenvalue weighted by Gasteiger charge is -2.08. The monoisotopic (exact) mass is 534 g/mol. The van der Waals surface area contributed by atoms with Gasteiger partial charge in [-0.05, 0) is 24.1 Å². The van der Waals surface area contributed by atoms with Crippen LogP contribution in [-0.2, 0) is 38.9 Å². The van der Waals surface area contributed by atoms with E-state index in [2.05, 4.69) is 15.3 Å². The van der Waals surface area contributed by atoms with Gasteiger partial charge >= 0.3 is 5.51 Å². The third-order valence-corrected chi connectivity index (χ3v) is 7.74. The number of amides is 2. The second-order valence-corrected chi connectivity index (χ2v) is 10.7. The number of nitrogens with zero attached hydrogens (tertiary/aromatic N) is 2. The first-order valence-electron chi connectivity index (χ1n) is 9.44. The van der Waals surface area contributed by atoms with Crippen LogP contribution in [0.4, 0.5) is 18.3 Å². The van der Waals surface area contributed by atoms with E-state index in [1.807, 2.05) is 0 Å². The summed E-state index contributed by atoms with van der Waals surface area (Å²) in [5.41, 5.74) is 1.11. The van der Waals surface area contributed by atoms with E-state index < -0.39 is 32.1 Å². The summed E-state index contributed by atoms with van der Waals surface area (Å²) in [6, 6.07) is 3.85. The number of aliphatic hydroxyl groups excluding tert-OH is 1. The predicted molar refractivity (Wildman–Crippen MR) is 119 cm³/mol. The second-order valence-electron chi connectivity index (χ2n) is 6.86. The van der Waals surface area contributed by atoms with E-state index >= 15 is 0 Å². The largest absolute Gasteiger partial charge is 0.501 e. The number of aliphatic hydroxyl groups is 1. The lowest BCUT2D eigenvalue weighted by molar-refractivity contribution is -0.118. The molecule has 3 rings (SSSR count). The Morgan fingerprint density at radius 3 is 2.41 bits per heavy atom. The molecule has 0 aliphatic carbocycles. The molecule has 2 heterocycles. The van der Waals surface area contributed by atoms with Crippen molar-refractivity contribution in [3.63, 3.8) is 0 Å². The average molecular weight is 535 g/mol. The van der Waals surface area contributed by atoms with Gasteiger partial charge in [-0.3, -0.25) is 9.59 Å². The summed E-state index contributed by atoms with van der Waals surface area (Å²) in [6.45, 7) is -0.287. The summed E-state index contributed by atoms with van der Waals surface area (Å²) in [4.78, 5) is 31.7. The molecule has 0 bridgehead atoms. The minimum Gasteiger partial charge on any atom is -0.389 e. The highest BCUT2D eigenvalue weighted by Crippen LogP contribution is 2.34. The van der Waals surface area contributed by atoms with Crippen molar-refractivity contribution in [2.75, 3.05) is 5.32 Å². The molecule has 4 N–H and O–H groups in total. The molecule has 9 nitrogen and oxygen atoms in total. The van der Waals surface area contributed by atoms with E-state index in [0.29, 0.717) is 26.8 Å². The minimum atomic E-state index is -5.46. The lowest BCUT2D eigenvalue weighted by atomic mass is 10.1. The number of carbonyl (C=O) groups is 2. The summed E-state index contributed by atoms with van der Waals surface area (Å²) in [5, 5.41) is 14.3. The van der Waals surface area contributed by atoms with Crippen LogP contribution >= 0.6 is 22.7 Å². The number of halogens is 3. The molecule has 3 aromatic rings. The zero-order chi connectivity index (χ0) is 25.1. The minimum absolute atomic E-state index is 0.0679. The first-order chi connectivity index (χ1) is 15.9. The molecular formula is C19H17F3N4O5S3. The van der Waals surface area contributed by atoms with Crippen LogP contribution in [0.1, 0.15) is 22.7 Å². The van der Waals surface area contributed by atoms with Crippen LogP contribution in [0.15, 0.2) is 34.5 Å². The van der Waals surface area contributed by atoms with Gasteiger partial charge in [0.15, 0.2) is 5.13 Å². The molecule has 0 spiro atoms. The van der Waals surface area contributed by atoms with Gasteiger partial charge in [0.2, 0.25) is 11.8 Å². The quantitative estimate of drug-likeness (QED) is 0.382. The van der Waals surface area contributed by atoms with Crippen LogP contribution in [0.5, 0.6) is 0 Å². The number of nitrogens with one attached hydrogen (secondary N) is 1. The third kappa shape index (κ3) is 5.97. The van der Waals surface area contributed by atoms with Crippen molar-refractivity contribution >= 4 is 49.5 Å². The maximum Gasteiger partial charge on any atom is 0.501 e. The fourth-order valence-corrected chi connectivity index (χ4v) is 5.27. The van der Waals surface area contributed by atoms with Gasteiger partial charge in [0.05, 0.1) is 34.2 Å². The fraction of sp³-hybridized carbons (Fsp3) is 0.263. The van der Waals surface area contributed by atoms with Gasteiger partial charge in [-0.25, -0.2) is 18.4 Å². The van der Waals surface area contributed by atoms with Crippen molar-refractivity contribution in [3.8, 4) is 10.6 Å². The molecule has 0 unspecified atom stereocenters. The number of carbonyl (C=O) groups excluding carboxylic acids is 2. The highest BCUT2D eigenvalue weighted by Gasteiger charge is 2.46. The number of aryl methyl sites for hydroxylation is 1. The Morgan fingerprint density at radius 1 is 1.15 bits per heavy atom. The maximum absolute atomic E-state index is 12.6. The van der Waals surface area contributed by atoms with Crippen molar-refractivity contribution < 1.29 is 36.3 Å². The molecular weight excluding hydrogens is 517 g/mol. The molecule has 0 aliphatic heterocycles. The van der Waals surface area contributed by atoms with Gasteiger partial charge in [0.25, 0.3) is 9.84 Å². The molecule has 182 valence electrons. The van der Waals surface area contributed by atoms with Gasteiger partial charge in [-0.15, -0.1) is 22.7 Å². The number of nitrogens with two attached hydrogens (primary N) is 1. The van der Waals surface area contributed by atoms with Crippen LogP contribution in [0.2, 0.25) is 0 Å². The number of hydrogen-bond acceptors (Lipinski definition) is 9. The van der Waals surface area contributed by atoms with Crippen LogP contribution < -0.4 is 11.1 Å². The molecule has 0 atom stereocenters. The van der Waals surface area contributed by atoms with Crippen molar-refractivity contribution in [2.45, 2.75) is 36.3 Å². The highest BCUT2D eigenvalue weighted by atomic mass is 32.2. The molecule has 15 heteroatoms. The molecule has 0 saturated heterocycles. The Hall–Kier alpha value is -2.88. The number of alkyl halides is 3. The SMILES string of the molecule is NC(=O)CCc1nc(CO)sc1-c1csc(NC(=O)Cc2ccc(S(=O)(=O)C(F)(F)F)cc2)n1. The van der Waals surface area contributed by atoms with E-state index in [-0.39, 0.29) is 31.0 Å². The Labute approximate surface area is 199 Å². The highest BCUT2D eigenvalue weighted by molar-refractivity contribution is 7.92. The van der Waals surface area contributed by atoms with Crippen LogP contribution in [0.3, 0.4) is 0 Å². The van der Waals surface area contributed by atoms with E-state index in [1.54, 1.807) is 5.38 Å². The summed E-state index contributed by atoms with van der Waals surface area (Å²) >= 11 is 2.31. The maximum atomic E-state index is 12.6. The van der Waals surface area contributed by atoms with Crippen molar-refractivity contribution in [1.82, 2.24) is 9.97 Å². The van der Waals surface area contributed by atoms with E-state index in [0.717, 1.165) is 35.6 Å². The first-order valence-corrected chi connectivity index (χ1v) is 12.6. The molecule has 0 radical (unpaired) electrons. The average Bonchev–Trinajstić information content (AvgIpc) is 3.38. The Balaban J connectivity index is 1.69. The zero-order valence-corrected chi connectivity index (χ0v) is 19.6. The summed E-state index contributed by atoms with van der Waals surface area (Å²) in [6.07, 6.45) is 0.110. The van der Waals surface area contributed by atoms with Crippen LogP contribution in [0, 0.1) is 0 Å². The van der Waals surface area contributed by atoms with Gasteiger partial charge in [0.1, 0.15) is 5.01 Å². The van der Waals surface area contributed by atoms with Crippen molar-refractivity contribution in [1.29, 1.82) is 0 Å². The third-order valence-electron chi connectivity index (χ3n) is 4.37. The van der Waals surface area contributed by atoms with E-state index in [1.165, 1.54) is 11.3 Å². The summed E-state index contributed by atoms with van der Waals surface area (Å²) < 4.78 is 60.7. The number of primary amides is 1. The number of aromatic nitrogens is 2. The molecule has 0 fully saturated rings. The number of anilines is 1. The molecule has 1 aromatic carbocycles. The summed E-state index contributed by atoms with van der Waals surface area (Å²) in [7, 11) is -5.46. The van der Waals surface area contributed by atoms with Gasteiger partial charge in [0, 0.05) is 11.8 Å². The second kappa shape index (κ2) is 10.2. The van der Waals surface area contributed by atoms with Gasteiger partial charge < -0.3 is 16.2 Å². The zero-order valence-electron chi connectivity index (χ0n) is 17.1. The Kier molecular flexibility index (Phi) is 7.70. The summed E-state index contributed by atoms with van der Waals surface area (Å²) in [5.74, 6) is -1.01. The molecule has 2 aromatic heterocycles. The van der Waals surface area contributed by atoms with E-state index in [4.69, 9.17) is 5.73 Å². The van der Waals surface area contributed by atoms with Crippen LogP contribution in [0.25, 0.3) is 10.6 Å². The number of sulfone groups is 1. The fourth-order valence-electron chi connectivity index (χ4n) is 2.78. The predicted octanol–water partition coefficient (Wildman–Crippen LogP) is 2.65. The molecule has 0 saturated carbocycles. The smallest absolute Gasteiger partial charge is 0.389 e. The van der Waals surface area contributed by atoms with Gasteiger partial charge in [-0.2, -0.15) is 13.2 Å². The number of benzene rings is 1.